The first-order valence-electron chi connectivity index (χ1n) is 6.41. The van der Waals surface area contributed by atoms with Crippen molar-refractivity contribution in [3.05, 3.63) is 35.1 Å². The number of ketones is 1. The fourth-order valence-electron chi connectivity index (χ4n) is 2.61. The van der Waals surface area contributed by atoms with Crippen molar-refractivity contribution in [2.75, 3.05) is 13.1 Å². The number of Topliss-reactive ketones (excluding diaryl/α,β-unsaturated/α-hetero) is 1. The Hall–Kier alpha value is -1.36. The summed E-state index contributed by atoms with van der Waals surface area (Å²) >= 11 is 0. The molecule has 1 aromatic rings. The quantitative estimate of drug-likeness (QED) is 0.676. The van der Waals surface area contributed by atoms with E-state index in [1.54, 1.807) is 0 Å². The number of halogens is 3. The van der Waals surface area contributed by atoms with Gasteiger partial charge in [0.25, 0.3) is 0 Å². The van der Waals surface area contributed by atoms with Crippen LogP contribution in [0, 0.1) is 22.9 Å². The number of rotatable bonds is 3. The first-order valence-corrected chi connectivity index (χ1v) is 6.41. The van der Waals surface area contributed by atoms with Crippen molar-refractivity contribution in [2.24, 2.45) is 5.41 Å². The van der Waals surface area contributed by atoms with Gasteiger partial charge in [-0.3, -0.25) is 4.79 Å². The number of carbonyl (C=O) groups is 1. The van der Waals surface area contributed by atoms with Crippen LogP contribution in [0.1, 0.15) is 36.5 Å². The van der Waals surface area contributed by atoms with E-state index < -0.39 is 28.6 Å². The van der Waals surface area contributed by atoms with Gasteiger partial charge in [0.15, 0.2) is 23.2 Å². The highest BCUT2D eigenvalue weighted by Gasteiger charge is 2.39. The van der Waals surface area contributed by atoms with E-state index in [9.17, 15) is 18.0 Å². The van der Waals surface area contributed by atoms with Gasteiger partial charge in [-0.1, -0.05) is 6.92 Å². The molecule has 1 saturated heterocycles. The van der Waals surface area contributed by atoms with Gasteiger partial charge in [0.1, 0.15) is 0 Å². The molecule has 0 amide bonds. The Balaban J connectivity index is 2.40. The summed E-state index contributed by atoms with van der Waals surface area (Å²) in [5, 5.41) is 3.11. The molecular formula is C14H16F3NO. The largest absolute Gasteiger partial charge is 0.316 e. The van der Waals surface area contributed by atoms with Crippen LogP contribution in [0.4, 0.5) is 13.2 Å². The van der Waals surface area contributed by atoms with Crippen molar-refractivity contribution in [1.29, 1.82) is 0 Å². The van der Waals surface area contributed by atoms with E-state index in [0.717, 1.165) is 25.1 Å². The molecule has 1 aliphatic heterocycles. The van der Waals surface area contributed by atoms with Crippen molar-refractivity contribution in [3.63, 3.8) is 0 Å². The molecule has 1 N–H and O–H groups in total. The van der Waals surface area contributed by atoms with Gasteiger partial charge in [-0.25, -0.2) is 13.2 Å². The SMILES string of the molecule is CCC1(C(=O)c2ccc(F)c(F)c2F)CCCNC1. The van der Waals surface area contributed by atoms with Gasteiger partial charge in [-0.2, -0.15) is 0 Å². The monoisotopic (exact) mass is 271 g/mol. The minimum Gasteiger partial charge on any atom is -0.316 e. The Morgan fingerprint density at radius 2 is 2.05 bits per heavy atom. The predicted octanol–water partition coefficient (Wildman–Crippen LogP) is 3.07. The number of benzene rings is 1. The fraction of sp³-hybridized carbons (Fsp3) is 0.500. The molecule has 2 rings (SSSR count). The van der Waals surface area contributed by atoms with Crippen LogP contribution in [0.2, 0.25) is 0 Å². The van der Waals surface area contributed by atoms with Gasteiger partial charge >= 0.3 is 0 Å². The second-order valence-electron chi connectivity index (χ2n) is 4.97. The summed E-state index contributed by atoms with van der Waals surface area (Å²) in [6.45, 7) is 3.11. The average Bonchev–Trinajstić information content (AvgIpc) is 2.45. The van der Waals surface area contributed by atoms with Crippen LogP contribution in [0.5, 0.6) is 0 Å². The minimum absolute atomic E-state index is 0.357. The third-order valence-corrected chi connectivity index (χ3v) is 3.91. The number of nitrogens with one attached hydrogen (secondary N) is 1. The lowest BCUT2D eigenvalue weighted by molar-refractivity contribution is 0.0724. The lowest BCUT2D eigenvalue weighted by Crippen LogP contribution is -2.45. The van der Waals surface area contributed by atoms with Crippen LogP contribution in [-0.4, -0.2) is 18.9 Å². The van der Waals surface area contributed by atoms with Gasteiger partial charge in [0.05, 0.1) is 5.56 Å². The lowest BCUT2D eigenvalue weighted by atomic mass is 9.72. The Labute approximate surface area is 110 Å². The number of hydrogen-bond donors (Lipinski definition) is 1. The fourth-order valence-corrected chi connectivity index (χ4v) is 2.61. The highest BCUT2D eigenvalue weighted by molar-refractivity contribution is 6.01. The minimum atomic E-state index is -1.58. The maximum absolute atomic E-state index is 13.7. The Bertz CT molecular complexity index is 496. The van der Waals surface area contributed by atoms with Gasteiger partial charge in [0.2, 0.25) is 0 Å². The van der Waals surface area contributed by atoms with Crippen molar-refractivity contribution in [3.8, 4) is 0 Å². The van der Waals surface area contributed by atoms with Crippen molar-refractivity contribution in [1.82, 2.24) is 5.32 Å². The molecule has 1 atom stereocenters. The summed E-state index contributed by atoms with van der Waals surface area (Å²) < 4.78 is 39.9. The first-order chi connectivity index (χ1) is 9.02. The van der Waals surface area contributed by atoms with Crippen LogP contribution in [0.25, 0.3) is 0 Å². The molecule has 0 aliphatic carbocycles. The van der Waals surface area contributed by atoms with E-state index in [1.165, 1.54) is 0 Å². The van der Waals surface area contributed by atoms with Crippen LogP contribution in [0.15, 0.2) is 12.1 Å². The van der Waals surface area contributed by atoms with E-state index in [4.69, 9.17) is 0 Å². The van der Waals surface area contributed by atoms with Gasteiger partial charge in [-0.15, -0.1) is 0 Å². The highest BCUT2D eigenvalue weighted by Crippen LogP contribution is 2.35. The zero-order valence-electron chi connectivity index (χ0n) is 10.7. The van der Waals surface area contributed by atoms with E-state index in [2.05, 4.69) is 5.32 Å². The third-order valence-electron chi connectivity index (χ3n) is 3.91. The molecule has 0 radical (unpaired) electrons. The summed E-state index contributed by atoms with van der Waals surface area (Å²) in [6.07, 6.45) is 1.98. The van der Waals surface area contributed by atoms with Crippen molar-refractivity contribution in [2.45, 2.75) is 26.2 Å². The zero-order chi connectivity index (χ0) is 14.0. The summed E-state index contributed by atoms with van der Waals surface area (Å²) in [5.74, 6) is -4.69. The Morgan fingerprint density at radius 1 is 1.32 bits per heavy atom. The van der Waals surface area contributed by atoms with Crippen LogP contribution in [0.3, 0.4) is 0 Å². The number of hydrogen-bond acceptors (Lipinski definition) is 2. The smallest absolute Gasteiger partial charge is 0.195 e. The van der Waals surface area contributed by atoms with Gasteiger partial charge < -0.3 is 5.32 Å². The topological polar surface area (TPSA) is 29.1 Å². The van der Waals surface area contributed by atoms with E-state index >= 15 is 0 Å². The molecule has 0 aromatic heterocycles. The summed E-state index contributed by atoms with van der Waals surface area (Å²) in [6, 6.07) is 1.83. The summed E-state index contributed by atoms with van der Waals surface area (Å²) in [7, 11) is 0. The zero-order valence-corrected chi connectivity index (χ0v) is 10.7. The molecule has 19 heavy (non-hydrogen) atoms. The molecule has 1 aromatic carbocycles. The molecule has 5 heteroatoms. The third kappa shape index (κ3) is 2.39. The first kappa shape index (κ1) is 14.1. The molecule has 0 spiro atoms. The standard InChI is InChI=1S/C14H16F3NO/c1-2-14(6-3-7-18-8-14)13(19)9-4-5-10(15)12(17)11(9)16/h4-5,18H,2-3,6-8H2,1H3. The molecule has 0 saturated carbocycles. The Kier molecular flexibility index (Phi) is 3.94. The number of carbonyl (C=O) groups excluding carboxylic acids is 1. The second-order valence-corrected chi connectivity index (χ2v) is 4.97. The van der Waals surface area contributed by atoms with Crippen LogP contribution >= 0.6 is 0 Å². The van der Waals surface area contributed by atoms with Crippen molar-refractivity contribution >= 4 is 5.78 Å². The maximum Gasteiger partial charge on any atom is 0.195 e. The molecular weight excluding hydrogens is 255 g/mol. The Morgan fingerprint density at radius 3 is 2.63 bits per heavy atom. The van der Waals surface area contributed by atoms with E-state index in [0.29, 0.717) is 19.4 Å². The number of piperidine rings is 1. The second kappa shape index (κ2) is 5.33. The molecule has 1 aliphatic rings. The molecule has 1 unspecified atom stereocenters. The summed E-state index contributed by atoms with van der Waals surface area (Å²) in [4.78, 5) is 12.5. The molecule has 2 nitrogen and oxygen atoms in total. The van der Waals surface area contributed by atoms with E-state index in [-0.39, 0.29) is 5.56 Å². The molecule has 1 fully saturated rings. The predicted molar refractivity (Wildman–Crippen MR) is 65.5 cm³/mol. The van der Waals surface area contributed by atoms with Crippen LogP contribution < -0.4 is 5.32 Å². The maximum atomic E-state index is 13.7. The van der Waals surface area contributed by atoms with Gasteiger partial charge in [-0.05, 0) is 37.9 Å². The lowest BCUT2D eigenvalue weighted by Gasteiger charge is -2.35. The van der Waals surface area contributed by atoms with Gasteiger partial charge in [0, 0.05) is 12.0 Å². The molecule has 104 valence electrons. The highest BCUT2D eigenvalue weighted by atomic mass is 19.2. The van der Waals surface area contributed by atoms with Crippen LogP contribution in [-0.2, 0) is 0 Å². The van der Waals surface area contributed by atoms with Crippen molar-refractivity contribution < 1.29 is 18.0 Å². The van der Waals surface area contributed by atoms with E-state index in [1.807, 2.05) is 6.92 Å². The molecule has 0 bridgehead atoms. The summed E-state index contributed by atoms with van der Waals surface area (Å²) in [5.41, 5.74) is -1.08. The molecule has 1 heterocycles. The average molecular weight is 271 g/mol. The normalized spacial score (nSPS) is 23.4.